The largest absolute Gasteiger partial charge is 0.466 e. The van der Waals surface area contributed by atoms with Crippen molar-refractivity contribution in [3.8, 4) is 22.4 Å². The van der Waals surface area contributed by atoms with Crippen LogP contribution in [0.25, 0.3) is 33.4 Å². The van der Waals surface area contributed by atoms with Crippen molar-refractivity contribution in [2.24, 2.45) is 0 Å². The van der Waals surface area contributed by atoms with E-state index in [0.29, 0.717) is 18.0 Å². The number of nitrogens with zero attached hydrogens (tertiary/aromatic N) is 3. The first-order chi connectivity index (χ1) is 22.3. The first-order valence-electron chi connectivity index (χ1n) is 15.5. The lowest BCUT2D eigenvalue weighted by Crippen LogP contribution is -2.35. The molecule has 1 aliphatic rings. The molecule has 2 N–H and O–H groups in total. The minimum atomic E-state index is -4.07. The zero-order chi connectivity index (χ0) is 32.5. The Kier molecular flexibility index (Phi) is 11.0. The first kappa shape index (κ1) is 33.0. The van der Waals surface area contributed by atoms with Gasteiger partial charge in [0, 0.05) is 31.8 Å². The monoisotopic (exact) mass is 649 g/mol. The summed E-state index contributed by atoms with van der Waals surface area (Å²) in [5.41, 5.74) is 3.96. The molecule has 4 aromatic rings. The van der Waals surface area contributed by atoms with E-state index < -0.39 is 22.0 Å². The fourth-order valence-electron chi connectivity index (χ4n) is 5.48. The Morgan fingerprint density at radius 2 is 1.63 bits per heavy atom. The maximum Gasteiger partial charge on any atom is 0.307 e. The van der Waals surface area contributed by atoms with E-state index in [1.165, 1.54) is 18.5 Å². The van der Waals surface area contributed by atoms with Crippen molar-refractivity contribution in [1.29, 1.82) is 0 Å². The zero-order valence-electron chi connectivity index (χ0n) is 26.0. The van der Waals surface area contributed by atoms with E-state index in [0.717, 1.165) is 51.5 Å². The highest BCUT2D eigenvalue weighted by Crippen LogP contribution is 2.40. The van der Waals surface area contributed by atoms with Gasteiger partial charge in [0.05, 0.1) is 48.1 Å². The topological polar surface area (TPSA) is 153 Å². The molecule has 0 amide bonds. The summed E-state index contributed by atoms with van der Waals surface area (Å²) < 4.78 is 44.4. The molecule has 0 bridgehead atoms. The molecule has 0 radical (unpaired) electrons. The van der Waals surface area contributed by atoms with Crippen molar-refractivity contribution in [3.05, 3.63) is 60.9 Å². The number of aromatic nitrogens is 3. The minimum absolute atomic E-state index is 0.0278. The number of rotatable bonds is 15. The zero-order valence-corrected chi connectivity index (χ0v) is 26.8. The number of benzene rings is 2. The normalized spacial score (nSPS) is 14.9. The number of anilines is 1. The van der Waals surface area contributed by atoms with Gasteiger partial charge in [-0.25, -0.2) is 18.4 Å². The smallest absolute Gasteiger partial charge is 0.307 e. The highest BCUT2D eigenvalue weighted by molar-refractivity contribution is 7.89. The molecule has 0 saturated carbocycles. The molecular formula is C33H39N5O7S. The van der Waals surface area contributed by atoms with Crippen LogP contribution >= 0.6 is 0 Å². The summed E-state index contributed by atoms with van der Waals surface area (Å²) in [6.07, 6.45) is 3.36. The molecule has 3 heterocycles. The summed E-state index contributed by atoms with van der Waals surface area (Å²) in [5, 5.41) is 4.28. The minimum Gasteiger partial charge on any atom is -0.466 e. The second-order valence-corrected chi connectivity index (χ2v) is 12.7. The van der Waals surface area contributed by atoms with Crippen LogP contribution in [0.5, 0.6) is 0 Å². The molecule has 12 nitrogen and oxygen atoms in total. The van der Waals surface area contributed by atoms with Crippen LogP contribution in [0.15, 0.2) is 65.8 Å². The average Bonchev–Trinajstić information content (AvgIpc) is 3.73. The van der Waals surface area contributed by atoms with Gasteiger partial charge in [0.1, 0.15) is 17.8 Å². The van der Waals surface area contributed by atoms with Crippen LogP contribution in [0.3, 0.4) is 0 Å². The average molecular weight is 650 g/mol. The third kappa shape index (κ3) is 7.72. The van der Waals surface area contributed by atoms with Crippen LogP contribution < -0.4 is 5.32 Å². The number of nitrogens with one attached hydrogen (secondary N) is 2. The number of sulfonamides is 1. The van der Waals surface area contributed by atoms with Crippen molar-refractivity contribution in [1.82, 2.24) is 19.3 Å². The molecule has 5 rings (SSSR count). The van der Waals surface area contributed by atoms with Gasteiger partial charge in [0.2, 0.25) is 10.0 Å². The highest BCUT2D eigenvalue weighted by atomic mass is 32.2. The number of aromatic amines is 1. The number of hydrogen-bond acceptors (Lipinski definition) is 10. The van der Waals surface area contributed by atoms with Gasteiger partial charge in [-0.3, -0.25) is 9.59 Å². The standard InChI is InChI=1S/C33H39N5O7S/c1-3-43-27(39)16-18-38(19-17-28(40)44-4-2)46(41,42)26-14-12-24(13-15-26)31-29(23-9-6-5-7-10-23)30-32(35-22-36-33(30)37-31)34-21-25-11-8-20-45-25/h5-7,9-10,12-15,22,25H,3-4,8,11,16-21H2,1-2H3,(H2,34,35,36,37). The second-order valence-electron chi connectivity index (χ2n) is 10.7. The fraction of sp³-hybridized carbons (Fsp3) is 0.394. The predicted molar refractivity (Wildman–Crippen MR) is 173 cm³/mol. The number of carbonyl (C=O) groups excluding carboxylic acids is 2. The van der Waals surface area contributed by atoms with Crippen LogP contribution in [-0.2, 0) is 33.8 Å². The Bertz CT molecular complexity index is 1720. The van der Waals surface area contributed by atoms with E-state index in [9.17, 15) is 18.0 Å². The molecule has 1 aliphatic heterocycles. The van der Waals surface area contributed by atoms with Gasteiger partial charge in [-0.15, -0.1) is 0 Å². The maximum absolute atomic E-state index is 13.8. The lowest BCUT2D eigenvalue weighted by molar-refractivity contribution is -0.143. The summed E-state index contributed by atoms with van der Waals surface area (Å²) in [6, 6.07) is 16.4. The van der Waals surface area contributed by atoms with Crippen molar-refractivity contribution in [3.63, 3.8) is 0 Å². The molecular weight excluding hydrogens is 610 g/mol. The number of H-pyrrole nitrogens is 1. The quantitative estimate of drug-likeness (QED) is 0.172. The lowest BCUT2D eigenvalue weighted by Gasteiger charge is -2.21. The number of fused-ring (bicyclic) bond motifs is 1. The fourth-order valence-corrected chi connectivity index (χ4v) is 6.92. The van der Waals surface area contributed by atoms with E-state index >= 15 is 0 Å². The van der Waals surface area contributed by atoms with E-state index in [2.05, 4.69) is 20.3 Å². The molecule has 13 heteroatoms. The number of ether oxygens (including phenoxy) is 3. The SMILES string of the molecule is CCOC(=O)CCN(CCC(=O)OCC)S(=O)(=O)c1ccc(-c2[nH]c3ncnc(NCC4CCCO4)c3c2-c2ccccc2)cc1. The van der Waals surface area contributed by atoms with E-state index in [-0.39, 0.29) is 50.1 Å². The van der Waals surface area contributed by atoms with Gasteiger partial charge < -0.3 is 24.5 Å². The summed E-state index contributed by atoms with van der Waals surface area (Å²) in [7, 11) is -4.07. The third-order valence-electron chi connectivity index (χ3n) is 7.70. The molecule has 1 unspecified atom stereocenters. The van der Waals surface area contributed by atoms with Crippen LogP contribution in [0.2, 0.25) is 0 Å². The van der Waals surface area contributed by atoms with Crippen molar-refractivity contribution in [2.45, 2.75) is 50.5 Å². The first-order valence-corrected chi connectivity index (χ1v) is 16.9. The Morgan fingerprint density at radius 3 is 2.24 bits per heavy atom. The van der Waals surface area contributed by atoms with E-state index in [4.69, 9.17) is 14.2 Å². The lowest BCUT2D eigenvalue weighted by atomic mass is 9.99. The summed E-state index contributed by atoms with van der Waals surface area (Å²) >= 11 is 0. The van der Waals surface area contributed by atoms with Gasteiger partial charge in [0.15, 0.2) is 0 Å². The van der Waals surface area contributed by atoms with Crippen molar-refractivity contribution >= 4 is 38.8 Å². The molecule has 1 fully saturated rings. The molecule has 2 aromatic heterocycles. The van der Waals surface area contributed by atoms with Gasteiger partial charge in [-0.05, 0) is 49.9 Å². The van der Waals surface area contributed by atoms with Crippen LogP contribution in [0, 0.1) is 0 Å². The van der Waals surface area contributed by atoms with Gasteiger partial charge in [0.25, 0.3) is 0 Å². The third-order valence-corrected chi connectivity index (χ3v) is 9.61. The molecule has 1 atom stereocenters. The molecule has 2 aromatic carbocycles. The van der Waals surface area contributed by atoms with Gasteiger partial charge in [-0.2, -0.15) is 4.31 Å². The molecule has 0 spiro atoms. The number of esters is 2. The molecule has 0 aliphatic carbocycles. The maximum atomic E-state index is 13.8. The summed E-state index contributed by atoms with van der Waals surface area (Å²) in [4.78, 5) is 36.6. The van der Waals surface area contributed by atoms with Crippen LogP contribution in [0.1, 0.15) is 39.5 Å². The molecule has 244 valence electrons. The Morgan fingerprint density at radius 1 is 0.957 bits per heavy atom. The van der Waals surface area contributed by atoms with Crippen molar-refractivity contribution < 1.29 is 32.2 Å². The second kappa shape index (κ2) is 15.3. The van der Waals surface area contributed by atoms with Gasteiger partial charge >= 0.3 is 11.9 Å². The molecule has 46 heavy (non-hydrogen) atoms. The van der Waals surface area contributed by atoms with Crippen molar-refractivity contribution in [2.75, 3.05) is 44.8 Å². The van der Waals surface area contributed by atoms with E-state index in [1.807, 2.05) is 30.3 Å². The Labute approximate surface area is 268 Å². The Hall–Kier alpha value is -4.33. The van der Waals surface area contributed by atoms with Crippen LogP contribution in [-0.4, -0.2) is 85.2 Å². The summed E-state index contributed by atoms with van der Waals surface area (Å²) in [5.74, 6) is -0.358. The van der Waals surface area contributed by atoms with Crippen LogP contribution in [0.4, 0.5) is 5.82 Å². The highest BCUT2D eigenvalue weighted by Gasteiger charge is 2.27. The number of hydrogen-bond donors (Lipinski definition) is 2. The van der Waals surface area contributed by atoms with E-state index in [1.54, 1.807) is 26.0 Å². The summed E-state index contributed by atoms with van der Waals surface area (Å²) in [6.45, 7) is 4.84. The number of carbonyl (C=O) groups is 2. The predicted octanol–water partition coefficient (Wildman–Crippen LogP) is 4.78. The van der Waals surface area contributed by atoms with Gasteiger partial charge in [-0.1, -0.05) is 42.5 Å². The molecule has 1 saturated heterocycles. The Balaban J connectivity index is 1.48.